The molecule has 2 aromatic rings. The van der Waals surface area contributed by atoms with Gasteiger partial charge in [-0.3, -0.25) is 4.79 Å². The second-order valence-corrected chi connectivity index (χ2v) is 11.2. The standard InChI is InChI=1S/C25H32N2O4S/c1-18-7-16-24(20-5-3-2-4-6-20)32(30,31)27(18)17-19-8-10-21(11-9-19)25(29)26-22-12-14-23(28)15-13-22/h2-6,8-11,18,22-24,28H,7,12-17H2,1H3,(H,26,29)/t18-,22?,23?,24?/m0/s1. The molecule has 1 aliphatic carbocycles. The van der Waals surface area contributed by atoms with Gasteiger partial charge in [0, 0.05) is 24.2 Å². The summed E-state index contributed by atoms with van der Waals surface area (Å²) in [5.41, 5.74) is 2.27. The van der Waals surface area contributed by atoms with Gasteiger partial charge in [0.25, 0.3) is 5.91 Å². The minimum absolute atomic E-state index is 0.0652. The van der Waals surface area contributed by atoms with Crippen LogP contribution in [-0.4, -0.2) is 41.9 Å². The Bertz CT molecular complexity index is 1020. The summed E-state index contributed by atoms with van der Waals surface area (Å²) in [6, 6.07) is 16.7. The fourth-order valence-corrected chi connectivity index (χ4v) is 6.98. The molecule has 1 saturated heterocycles. The lowest BCUT2D eigenvalue weighted by Crippen LogP contribution is -2.44. The molecule has 1 amide bonds. The molecule has 0 radical (unpaired) electrons. The van der Waals surface area contributed by atoms with E-state index in [-0.39, 0.29) is 24.1 Å². The highest BCUT2D eigenvalue weighted by molar-refractivity contribution is 7.89. The number of carbonyl (C=O) groups is 1. The Hall–Kier alpha value is -2.22. The highest BCUT2D eigenvalue weighted by Gasteiger charge is 2.40. The number of nitrogens with one attached hydrogen (secondary N) is 1. The van der Waals surface area contributed by atoms with Crippen LogP contribution in [0.1, 0.15) is 72.2 Å². The third kappa shape index (κ3) is 5.05. The van der Waals surface area contributed by atoms with Gasteiger partial charge in [0.2, 0.25) is 10.0 Å². The maximum atomic E-state index is 13.4. The highest BCUT2D eigenvalue weighted by atomic mass is 32.2. The first-order valence-corrected chi connectivity index (χ1v) is 13.0. The number of sulfonamides is 1. The number of nitrogens with zero attached hydrogens (tertiary/aromatic N) is 1. The monoisotopic (exact) mass is 456 g/mol. The third-order valence-electron chi connectivity index (χ3n) is 6.78. The Kier molecular flexibility index (Phi) is 6.98. The number of hydrogen-bond donors (Lipinski definition) is 2. The van der Waals surface area contributed by atoms with Crippen molar-refractivity contribution in [3.05, 3.63) is 71.3 Å². The Morgan fingerprint density at radius 3 is 2.28 bits per heavy atom. The lowest BCUT2D eigenvalue weighted by molar-refractivity contribution is 0.0867. The molecule has 6 nitrogen and oxygen atoms in total. The molecule has 1 aliphatic heterocycles. The van der Waals surface area contributed by atoms with E-state index in [0.29, 0.717) is 18.5 Å². The first-order chi connectivity index (χ1) is 15.3. The average molecular weight is 457 g/mol. The molecule has 172 valence electrons. The second-order valence-electron chi connectivity index (χ2n) is 9.09. The van der Waals surface area contributed by atoms with Gasteiger partial charge >= 0.3 is 0 Å². The van der Waals surface area contributed by atoms with Crippen molar-refractivity contribution in [2.24, 2.45) is 0 Å². The maximum Gasteiger partial charge on any atom is 0.251 e. The van der Waals surface area contributed by atoms with Crippen LogP contribution in [0.3, 0.4) is 0 Å². The molecule has 2 fully saturated rings. The fourth-order valence-electron chi connectivity index (χ4n) is 4.78. The molecule has 4 rings (SSSR count). The zero-order chi connectivity index (χ0) is 22.7. The van der Waals surface area contributed by atoms with Gasteiger partial charge in [-0.25, -0.2) is 8.42 Å². The molecule has 1 unspecified atom stereocenters. The third-order valence-corrected chi connectivity index (χ3v) is 9.15. The van der Waals surface area contributed by atoms with Gasteiger partial charge in [-0.05, 0) is 68.7 Å². The van der Waals surface area contributed by atoms with Crippen molar-refractivity contribution >= 4 is 15.9 Å². The van der Waals surface area contributed by atoms with Gasteiger partial charge in [-0.2, -0.15) is 4.31 Å². The van der Waals surface area contributed by atoms with Crippen molar-refractivity contribution in [2.75, 3.05) is 0 Å². The van der Waals surface area contributed by atoms with Gasteiger partial charge < -0.3 is 10.4 Å². The first kappa shape index (κ1) is 23.0. The summed E-state index contributed by atoms with van der Waals surface area (Å²) >= 11 is 0. The SMILES string of the molecule is C[C@H]1CCC(c2ccccc2)S(=O)(=O)N1Cc1ccc(C(=O)NC2CCC(O)CC2)cc1. The van der Waals surface area contributed by atoms with Gasteiger partial charge in [-0.15, -0.1) is 0 Å². The van der Waals surface area contributed by atoms with E-state index >= 15 is 0 Å². The first-order valence-electron chi connectivity index (χ1n) is 11.5. The van der Waals surface area contributed by atoms with Crippen molar-refractivity contribution in [1.82, 2.24) is 9.62 Å². The molecule has 2 aliphatic rings. The summed E-state index contributed by atoms with van der Waals surface area (Å²) < 4.78 is 28.4. The average Bonchev–Trinajstić information content (AvgIpc) is 2.79. The van der Waals surface area contributed by atoms with Crippen molar-refractivity contribution in [1.29, 1.82) is 0 Å². The van der Waals surface area contributed by atoms with Crippen LogP contribution in [0.25, 0.3) is 0 Å². The van der Waals surface area contributed by atoms with Crippen molar-refractivity contribution in [2.45, 2.75) is 75.4 Å². The minimum Gasteiger partial charge on any atom is -0.393 e. The number of aliphatic hydroxyl groups is 1. The van der Waals surface area contributed by atoms with E-state index in [2.05, 4.69) is 5.32 Å². The molecule has 2 aromatic carbocycles. The highest BCUT2D eigenvalue weighted by Crippen LogP contribution is 2.38. The fraction of sp³-hybridized carbons (Fsp3) is 0.480. The van der Waals surface area contributed by atoms with Crippen molar-refractivity contribution < 1.29 is 18.3 Å². The predicted octanol–water partition coefficient (Wildman–Crippen LogP) is 3.78. The largest absolute Gasteiger partial charge is 0.393 e. The van der Waals surface area contributed by atoms with Crippen LogP contribution in [0.15, 0.2) is 54.6 Å². The molecule has 2 N–H and O–H groups in total. The van der Waals surface area contributed by atoms with Crippen LogP contribution in [-0.2, 0) is 16.6 Å². The smallest absolute Gasteiger partial charge is 0.251 e. The molecule has 1 heterocycles. The van der Waals surface area contributed by atoms with Crippen molar-refractivity contribution in [3.63, 3.8) is 0 Å². The molecule has 0 spiro atoms. The second kappa shape index (κ2) is 9.73. The molecular formula is C25H32N2O4S. The Morgan fingerprint density at radius 1 is 0.969 bits per heavy atom. The number of hydrogen-bond acceptors (Lipinski definition) is 4. The lowest BCUT2D eigenvalue weighted by Gasteiger charge is -2.37. The van der Waals surface area contributed by atoms with E-state index in [4.69, 9.17) is 0 Å². The van der Waals surface area contributed by atoms with Gasteiger partial charge in [0.15, 0.2) is 0 Å². The number of benzene rings is 2. The van der Waals surface area contributed by atoms with Crippen LogP contribution >= 0.6 is 0 Å². The van der Waals surface area contributed by atoms with E-state index in [1.165, 1.54) is 0 Å². The summed E-state index contributed by atoms with van der Waals surface area (Å²) in [6.45, 7) is 2.26. The van der Waals surface area contributed by atoms with Crippen LogP contribution < -0.4 is 5.32 Å². The summed E-state index contributed by atoms with van der Waals surface area (Å²) in [5, 5.41) is 12.1. The number of amides is 1. The summed E-state index contributed by atoms with van der Waals surface area (Å²) in [4.78, 5) is 12.6. The Labute approximate surface area is 190 Å². The molecular weight excluding hydrogens is 424 g/mol. The van der Waals surface area contributed by atoms with E-state index in [1.807, 2.05) is 49.4 Å². The van der Waals surface area contributed by atoms with Gasteiger partial charge in [-0.1, -0.05) is 42.5 Å². The minimum atomic E-state index is -3.48. The maximum absolute atomic E-state index is 13.4. The van der Waals surface area contributed by atoms with E-state index in [9.17, 15) is 18.3 Å². The number of rotatable bonds is 5. The zero-order valence-electron chi connectivity index (χ0n) is 18.5. The summed E-state index contributed by atoms with van der Waals surface area (Å²) in [5.74, 6) is -0.124. The van der Waals surface area contributed by atoms with Crippen LogP contribution in [0.4, 0.5) is 0 Å². The topological polar surface area (TPSA) is 86.7 Å². The lowest BCUT2D eigenvalue weighted by atomic mass is 9.93. The van der Waals surface area contributed by atoms with Crippen molar-refractivity contribution in [3.8, 4) is 0 Å². The van der Waals surface area contributed by atoms with Gasteiger partial charge in [0.05, 0.1) is 6.10 Å². The van der Waals surface area contributed by atoms with Gasteiger partial charge in [0.1, 0.15) is 5.25 Å². The molecule has 0 aromatic heterocycles. The van der Waals surface area contributed by atoms with Crippen LogP contribution in [0.5, 0.6) is 0 Å². The molecule has 1 saturated carbocycles. The Morgan fingerprint density at radius 2 is 1.62 bits per heavy atom. The quantitative estimate of drug-likeness (QED) is 0.717. The number of aliphatic hydroxyl groups excluding tert-OH is 1. The molecule has 0 bridgehead atoms. The van der Waals surface area contributed by atoms with E-state index < -0.39 is 15.3 Å². The zero-order valence-corrected chi connectivity index (χ0v) is 19.3. The predicted molar refractivity (Wildman–Crippen MR) is 125 cm³/mol. The van der Waals surface area contributed by atoms with E-state index in [0.717, 1.165) is 43.2 Å². The summed E-state index contributed by atoms with van der Waals surface area (Å²) in [7, 11) is -3.48. The molecule has 32 heavy (non-hydrogen) atoms. The molecule has 2 atom stereocenters. The normalized spacial score (nSPS) is 28.2. The van der Waals surface area contributed by atoms with E-state index in [1.54, 1.807) is 16.4 Å². The number of carbonyl (C=O) groups excluding carboxylic acids is 1. The molecule has 7 heteroatoms. The van der Waals surface area contributed by atoms with Crippen LogP contribution in [0, 0.1) is 0 Å². The Balaban J connectivity index is 1.43. The summed E-state index contributed by atoms with van der Waals surface area (Å²) in [6.07, 6.45) is 4.21. The van der Waals surface area contributed by atoms with Crippen LogP contribution in [0.2, 0.25) is 0 Å².